The SMILES string of the molecule is CNC(C)c1nnn(-c2cccc(Cl)c2)c1C. The summed E-state index contributed by atoms with van der Waals surface area (Å²) < 4.78 is 1.80. The van der Waals surface area contributed by atoms with Crippen molar-refractivity contribution in [2.45, 2.75) is 19.9 Å². The molecular formula is C12H15ClN4. The van der Waals surface area contributed by atoms with Crippen LogP contribution in [0.3, 0.4) is 0 Å². The zero-order valence-electron chi connectivity index (χ0n) is 10.1. The molecule has 2 rings (SSSR count). The lowest BCUT2D eigenvalue weighted by atomic mass is 10.2. The fraction of sp³-hybridized carbons (Fsp3) is 0.333. The smallest absolute Gasteiger partial charge is 0.103 e. The minimum absolute atomic E-state index is 0.183. The van der Waals surface area contributed by atoms with Gasteiger partial charge in [-0.15, -0.1) is 5.10 Å². The van der Waals surface area contributed by atoms with E-state index >= 15 is 0 Å². The molecule has 1 aromatic heterocycles. The molecule has 1 atom stereocenters. The normalized spacial score (nSPS) is 12.7. The van der Waals surface area contributed by atoms with Gasteiger partial charge in [-0.1, -0.05) is 22.9 Å². The summed E-state index contributed by atoms with van der Waals surface area (Å²) in [6.07, 6.45) is 0. The van der Waals surface area contributed by atoms with E-state index in [-0.39, 0.29) is 6.04 Å². The first kappa shape index (κ1) is 12.1. The fourth-order valence-electron chi connectivity index (χ4n) is 1.73. The molecule has 1 heterocycles. The maximum Gasteiger partial charge on any atom is 0.103 e. The average Bonchev–Trinajstić information content (AvgIpc) is 2.70. The molecule has 0 aliphatic heterocycles. The molecule has 0 aliphatic rings. The lowest BCUT2D eigenvalue weighted by Crippen LogP contribution is -2.14. The van der Waals surface area contributed by atoms with E-state index < -0.39 is 0 Å². The quantitative estimate of drug-likeness (QED) is 0.910. The van der Waals surface area contributed by atoms with Crippen LogP contribution in [0, 0.1) is 6.92 Å². The lowest BCUT2D eigenvalue weighted by Gasteiger charge is -2.08. The number of benzene rings is 1. The number of halogens is 1. The largest absolute Gasteiger partial charge is 0.312 e. The first-order valence-electron chi connectivity index (χ1n) is 5.49. The molecule has 2 aromatic rings. The van der Waals surface area contributed by atoms with Gasteiger partial charge in [-0.3, -0.25) is 0 Å². The Morgan fingerprint density at radius 3 is 2.82 bits per heavy atom. The Bertz CT molecular complexity index is 521. The highest BCUT2D eigenvalue weighted by Crippen LogP contribution is 2.19. The maximum absolute atomic E-state index is 5.97. The number of hydrogen-bond acceptors (Lipinski definition) is 3. The van der Waals surface area contributed by atoms with E-state index in [1.54, 1.807) is 4.68 Å². The van der Waals surface area contributed by atoms with Crippen LogP contribution in [0.1, 0.15) is 24.4 Å². The summed E-state index contributed by atoms with van der Waals surface area (Å²) in [4.78, 5) is 0. The van der Waals surface area contributed by atoms with E-state index in [4.69, 9.17) is 11.6 Å². The van der Waals surface area contributed by atoms with E-state index in [0.29, 0.717) is 5.02 Å². The van der Waals surface area contributed by atoms with Crippen molar-refractivity contribution >= 4 is 11.6 Å². The number of nitrogens with zero attached hydrogens (tertiary/aromatic N) is 3. The summed E-state index contributed by atoms with van der Waals surface area (Å²) >= 11 is 5.97. The third-order valence-corrected chi connectivity index (χ3v) is 3.06. The molecule has 1 unspecified atom stereocenters. The number of nitrogens with one attached hydrogen (secondary N) is 1. The molecule has 5 heteroatoms. The Balaban J connectivity index is 2.44. The molecule has 1 N–H and O–H groups in total. The second kappa shape index (κ2) is 4.85. The van der Waals surface area contributed by atoms with E-state index in [2.05, 4.69) is 22.6 Å². The summed E-state index contributed by atoms with van der Waals surface area (Å²) in [6.45, 7) is 4.06. The molecule has 90 valence electrons. The zero-order valence-corrected chi connectivity index (χ0v) is 10.9. The van der Waals surface area contributed by atoms with Gasteiger partial charge in [0.15, 0.2) is 0 Å². The van der Waals surface area contributed by atoms with Crippen molar-refractivity contribution in [2.75, 3.05) is 7.05 Å². The molecule has 0 radical (unpaired) electrons. The van der Waals surface area contributed by atoms with E-state index in [1.165, 1.54) is 0 Å². The number of rotatable bonds is 3. The molecule has 0 saturated carbocycles. The number of hydrogen-bond donors (Lipinski definition) is 1. The van der Waals surface area contributed by atoms with E-state index in [9.17, 15) is 0 Å². The predicted octanol–water partition coefficient (Wildman–Crippen LogP) is 2.51. The second-order valence-corrected chi connectivity index (χ2v) is 4.40. The Hall–Kier alpha value is -1.39. The van der Waals surface area contributed by atoms with Crippen LogP contribution in [0.2, 0.25) is 5.02 Å². The second-order valence-electron chi connectivity index (χ2n) is 3.96. The van der Waals surface area contributed by atoms with Gasteiger partial charge in [-0.05, 0) is 39.1 Å². The number of aromatic nitrogens is 3. The van der Waals surface area contributed by atoms with Gasteiger partial charge in [0.2, 0.25) is 0 Å². The van der Waals surface area contributed by atoms with Crippen LogP contribution >= 0.6 is 11.6 Å². The van der Waals surface area contributed by atoms with Crippen LogP contribution < -0.4 is 5.32 Å². The van der Waals surface area contributed by atoms with Crippen molar-refractivity contribution in [2.24, 2.45) is 0 Å². The van der Waals surface area contributed by atoms with Crippen molar-refractivity contribution in [3.05, 3.63) is 40.7 Å². The van der Waals surface area contributed by atoms with Gasteiger partial charge in [0.05, 0.1) is 17.4 Å². The van der Waals surface area contributed by atoms with Crippen molar-refractivity contribution in [3.63, 3.8) is 0 Å². The van der Waals surface area contributed by atoms with Crippen LogP contribution in [-0.2, 0) is 0 Å². The first-order chi connectivity index (χ1) is 8.13. The maximum atomic E-state index is 5.97. The standard InChI is InChI=1S/C12H15ClN4/c1-8(14-3)12-9(2)17(16-15-12)11-6-4-5-10(13)7-11/h4-8,14H,1-3H3. The van der Waals surface area contributed by atoms with E-state index in [1.807, 2.05) is 38.2 Å². The molecule has 0 bridgehead atoms. The van der Waals surface area contributed by atoms with Crippen molar-refractivity contribution in [3.8, 4) is 5.69 Å². The average molecular weight is 251 g/mol. The van der Waals surface area contributed by atoms with Gasteiger partial charge in [-0.25, -0.2) is 4.68 Å². The van der Waals surface area contributed by atoms with Gasteiger partial charge in [-0.2, -0.15) is 0 Å². The fourth-order valence-corrected chi connectivity index (χ4v) is 1.92. The van der Waals surface area contributed by atoms with Crippen LogP contribution in [0.5, 0.6) is 0 Å². The summed E-state index contributed by atoms with van der Waals surface area (Å²) in [7, 11) is 1.91. The molecular weight excluding hydrogens is 236 g/mol. The Morgan fingerprint density at radius 1 is 1.41 bits per heavy atom. The minimum atomic E-state index is 0.183. The highest BCUT2D eigenvalue weighted by molar-refractivity contribution is 6.30. The summed E-state index contributed by atoms with van der Waals surface area (Å²) in [5, 5.41) is 12.2. The highest BCUT2D eigenvalue weighted by Gasteiger charge is 2.14. The topological polar surface area (TPSA) is 42.7 Å². The lowest BCUT2D eigenvalue weighted by molar-refractivity contribution is 0.627. The zero-order chi connectivity index (χ0) is 12.4. The molecule has 0 amide bonds. The van der Waals surface area contributed by atoms with Gasteiger partial charge in [0.25, 0.3) is 0 Å². The summed E-state index contributed by atoms with van der Waals surface area (Å²) in [5.41, 5.74) is 2.90. The van der Waals surface area contributed by atoms with Crippen LogP contribution in [0.4, 0.5) is 0 Å². The van der Waals surface area contributed by atoms with Gasteiger partial charge in [0, 0.05) is 5.02 Å². The van der Waals surface area contributed by atoms with Crippen molar-refractivity contribution in [1.29, 1.82) is 0 Å². The minimum Gasteiger partial charge on any atom is -0.312 e. The van der Waals surface area contributed by atoms with Gasteiger partial charge in [0.1, 0.15) is 5.69 Å². The molecule has 1 aromatic carbocycles. The predicted molar refractivity (Wildman–Crippen MR) is 68.6 cm³/mol. The van der Waals surface area contributed by atoms with Crippen LogP contribution in [0.25, 0.3) is 5.69 Å². The molecule has 0 spiro atoms. The molecule has 0 aliphatic carbocycles. The third kappa shape index (κ3) is 2.33. The monoisotopic (exact) mass is 250 g/mol. The molecule has 0 saturated heterocycles. The molecule has 4 nitrogen and oxygen atoms in total. The highest BCUT2D eigenvalue weighted by atomic mass is 35.5. The van der Waals surface area contributed by atoms with Crippen molar-refractivity contribution < 1.29 is 0 Å². The Morgan fingerprint density at radius 2 is 2.18 bits per heavy atom. The van der Waals surface area contributed by atoms with Crippen LogP contribution in [-0.4, -0.2) is 22.0 Å². The van der Waals surface area contributed by atoms with E-state index in [0.717, 1.165) is 17.1 Å². The van der Waals surface area contributed by atoms with Crippen molar-refractivity contribution in [1.82, 2.24) is 20.3 Å². The molecule has 17 heavy (non-hydrogen) atoms. The third-order valence-electron chi connectivity index (χ3n) is 2.83. The molecule has 0 fully saturated rings. The van der Waals surface area contributed by atoms with Gasteiger partial charge >= 0.3 is 0 Å². The van der Waals surface area contributed by atoms with Gasteiger partial charge < -0.3 is 5.32 Å². The Kier molecular flexibility index (Phi) is 3.45. The first-order valence-corrected chi connectivity index (χ1v) is 5.86. The van der Waals surface area contributed by atoms with Crippen LogP contribution in [0.15, 0.2) is 24.3 Å². The summed E-state index contributed by atoms with van der Waals surface area (Å²) in [5.74, 6) is 0. The Labute approximate surface area is 106 Å². The summed E-state index contributed by atoms with van der Waals surface area (Å²) in [6, 6.07) is 7.76.